The molecule has 0 fully saturated rings. The zero-order valence-corrected chi connectivity index (χ0v) is 14.4. The predicted molar refractivity (Wildman–Crippen MR) is 88.3 cm³/mol. The van der Waals surface area contributed by atoms with Gasteiger partial charge in [-0.25, -0.2) is 9.59 Å². The van der Waals surface area contributed by atoms with Crippen LogP contribution in [0.2, 0.25) is 0 Å². The first-order valence-electron chi connectivity index (χ1n) is 8.37. The van der Waals surface area contributed by atoms with E-state index in [1.54, 1.807) is 0 Å². The first-order valence-corrected chi connectivity index (χ1v) is 8.37. The van der Waals surface area contributed by atoms with Gasteiger partial charge >= 0.3 is 11.9 Å². The van der Waals surface area contributed by atoms with Gasteiger partial charge in [-0.1, -0.05) is 24.0 Å². The van der Waals surface area contributed by atoms with Crippen LogP contribution in [-0.4, -0.2) is 65.4 Å². The number of hydrogen-bond acceptors (Lipinski definition) is 4. The highest BCUT2D eigenvalue weighted by atomic mass is 16.5. The van der Waals surface area contributed by atoms with Gasteiger partial charge in [0.2, 0.25) is 0 Å². The summed E-state index contributed by atoms with van der Waals surface area (Å²) in [5.41, 5.74) is 1.42. The van der Waals surface area contributed by atoms with Gasteiger partial charge in [0.05, 0.1) is 38.3 Å². The maximum absolute atomic E-state index is 11.9. The predicted octanol–water partition coefficient (Wildman–Crippen LogP) is -2.23. The van der Waals surface area contributed by atoms with Crippen LogP contribution in [0, 0.1) is 11.8 Å². The molecule has 24 heavy (non-hydrogen) atoms. The van der Waals surface area contributed by atoms with E-state index in [-0.39, 0.29) is 25.2 Å². The van der Waals surface area contributed by atoms with E-state index in [0.29, 0.717) is 24.2 Å². The topological polar surface area (TPSA) is 61.5 Å². The molecule has 0 aromatic carbocycles. The minimum atomic E-state index is -0.307. The number of nitrogens with one attached hydrogen (secondary N) is 2. The van der Waals surface area contributed by atoms with E-state index >= 15 is 0 Å². The van der Waals surface area contributed by atoms with Crippen molar-refractivity contribution in [2.75, 3.05) is 53.5 Å². The van der Waals surface area contributed by atoms with Crippen LogP contribution in [0.3, 0.4) is 0 Å². The smallest absolute Gasteiger partial charge is 0.340 e. The molecule has 6 heteroatoms. The van der Waals surface area contributed by atoms with Crippen LogP contribution in [0.1, 0.15) is 12.8 Å². The Morgan fingerprint density at radius 1 is 0.917 bits per heavy atom. The van der Waals surface area contributed by atoms with Gasteiger partial charge in [0.1, 0.15) is 13.1 Å². The average molecular weight is 334 g/mol. The summed E-state index contributed by atoms with van der Waals surface area (Å²) in [6.45, 7) is 3.49. The van der Waals surface area contributed by atoms with Crippen molar-refractivity contribution in [1.29, 1.82) is 0 Å². The van der Waals surface area contributed by atoms with Crippen LogP contribution in [-0.2, 0) is 19.1 Å². The van der Waals surface area contributed by atoms with Crippen molar-refractivity contribution in [3.05, 3.63) is 23.3 Å². The maximum Gasteiger partial charge on any atom is 0.340 e. The molecule has 2 heterocycles. The summed E-state index contributed by atoms with van der Waals surface area (Å²) in [5, 5.41) is 0. The SMILES string of the molecule is C[NH+]1CCC=C(C(=O)OCC#CCOC(=O)C2=CCC[NH+](C)C2)C1. The van der Waals surface area contributed by atoms with Crippen molar-refractivity contribution in [3.8, 4) is 11.8 Å². The number of esters is 2. The van der Waals surface area contributed by atoms with E-state index in [2.05, 4.69) is 25.9 Å². The van der Waals surface area contributed by atoms with Crippen LogP contribution in [0.25, 0.3) is 0 Å². The molecule has 0 bridgehead atoms. The second-order valence-corrected chi connectivity index (χ2v) is 6.31. The van der Waals surface area contributed by atoms with Gasteiger partial charge < -0.3 is 19.3 Å². The summed E-state index contributed by atoms with van der Waals surface area (Å²) in [7, 11) is 4.10. The maximum atomic E-state index is 11.9. The van der Waals surface area contributed by atoms with E-state index in [1.165, 1.54) is 9.80 Å². The lowest BCUT2D eigenvalue weighted by atomic mass is 10.1. The number of quaternary nitrogens is 2. The molecular weight excluding hydrogens is 308 g/mol. The Balaban J connectivity index is 1.65. The number of ether oxygens (including phenoxy) is 2. The van der Waals surface area contributed by atoms with Crippen molar-refractivity contribution in [3.63, 3.8) is 0 Å². The molecule has 0 aromatic rings. The molecule has 2 aliphatic rings. The molecule has 6 nitrogen and oxygen atoms in total. The van der Waals surface area contributed by atoms with Crippen LogP contribution in [0.4, 0.5) is 0 Å². The second-order valence-electron chi connectivity index (χ2n) is 6.31. The Morgan fingerprint density at radius 3 is 1.71 bits per heavy atom. The van der Waals surface area contributed by atoms with Crippen molar-refractivity contribution < 1.29 is 28.9 Å². The normalized spacial score (nSPS) is 23.2. The third kappa shape index (κ3) is 5.84. The van der Waals surface area contributed by atoms with E-state index in [0.717, 1.165) is 25.9 Å². The fourth-order valence-electron chi connectivity index (χ4n) is 2.76. The lowest BCUT2D eigenvalue weighted by Gasteiger charge is -2.18. The Kier molecular flexibility index (Phi) is 7.04. The van der Waals surface area contributed by atoms with Crippen molar-refractivity contribution >= 4 is 11.9 Å². The lowest BCUT2D eigenvalue weighted by molar-refractivity contribution is -0.875. The zero-order chi connectivity index (χ0) is 17.4. The molecular formula is C18H26N2O4+2. The van der Waals surface area contributed by atoms with Crippen molar-refractivity contribution in [2.45, 2.75) is 12.8 Å². The zero-order valence-electron chi connectivity index (χ0n) is 14.4. The molecule has 2 atom stereocenters. The number of carbonyl (C=O) groups is 2. The van der Waals surface area contributed by atoms with E-state index < -0.39 is 0 Å². The van der Waals surface area contributed by atoms with Crippen LogP contribution in [0.5, 0.6) is 0 Å². The standard InChI is InChI=1S/C18H24N2O4/c1-19-9-5-7-15(13-19)17(21)23-11-3-4-12-24-18(22)16-8-6-10-20(2)14-16/h7-8H,5-6,9-14H2,1-2H3/p+2. The molecule has 0 saturated heterocycles. The summed E-state index contributed by atoms with van der Waals surface area (Å²) in [4.78, 5) is 26.3. The lowest BCUT2D eigenvalue weighted by Crippen LogP contribution is -3.09. The second kappa shape index (κ2) is 9.26. The number of carbonyl (C=O) groups excluding carboxylic acids is 2. The summed E-state index contributed by atoms with van der Waals surface area (Å²) < 4.78 is 10.2. The summed E-state index contributed by atoms with van der Waals surface area (Å²) >= 11 is 0. The minimum absolute atomic E-state index is 0.0162. The molecule has 2 unspecified atom stereocenters. The van der Waals surface area contributed by atoms with Gasteiger partial charge in [-0.2, -0.15) is 0 Å². The van der Waals surface area contributed by atoms with Gasteiger partial charge in [0.25, 0.3) is 0 Å². The molecule has 0 radical (unpaired) electrons. The Morgan fingerprint density at radius 2 is 1.33 bits per heavy atom. The first-order chi connectivity index (χ1) is 11.6. The number of likely N-dealkylation sites (N-methyl/N-ethyl adjacent to an activating group) is 2. The summed E-state index contributed by atoms with van der Waals surface area (Å²) in [6, 6.07) is 0. The molecule has 2 rings (SSSR count). The van der Waals surface area contributed by atoms with Gasteiger partial charge in [0, 0.05) is 12.8 Å². The van der Waals surface area contributed by atoms with Gasteiger partial charge in [-0.3, -0.25) is 0 Å². The summed E-state index contributed by atoms with van der Waals surface area (Å²) in [5.74, 6) is 4.80. The third-order valence-corrected chi connectivity index (χ3v) is 4.11. The van der Waals surface area contributed by atoms with Crippen LogP contribution < -0.4 is 9.80 Å². The molecule has 2 N–H and O–H groups in total. The highest BCUT2D eigenvalue weighted by Gasteiger charge is 2.20. The fourth-order valence-corrected chi connectivity index (χ4v) is 2.76. The monoisotopic (exact) mass is 334 g/mol. The molecule has 0 amide bonds. The highest BCUT2D eigenvalue weighted by Crippen LogP contribution is 2.01. The minimum Gasteiger partial charge on any atom is -0.449 e. The summed E-state index contributed by atoms with van der Waals surface area (Å²) in [6.07, 6.45) is 5.65. The van der Waals surface area contributed by atoms with Crippen molar-refractivity contribution in [1.82, 2.24) is 0 Å². The van der Waals surface area contributed by atoms with E-state index in [4.69, 9.17) is 9.47 Å². The first kappa shape index (κ1) is 18.2. The van der Waals surface area contributed by atoms with Crippen LogP contribution in [0.15, 0.2) is 23.3 Å². The average Bonchev–Trinajstić information content (AvgIpc) is 2.57. The quantitative estimate of drug-likeness (QED) is 0.451. The Bertz CT molecular complexity index is 548. The third-order valence-electron chi connectivity index (χ3n) is 4.11. The molecule has 0 aromatic heterocycles. The molecule has 0 spiro atoms. The largest absolute Gasteiger partial charge is 0.449 e. The van der Waals surface area contributed by atoms with E-state index in [1.807, 2.05) is 12.2 Å². The van der Waals surface area contributed by atoms with Crippen molar-refractivity contribution in [2.24, 2.45) is 0 Å². The van der Waals surface area contributed by atoms with Crippen LogP contribution >= 0.6 is 0 Å². The number of hydrogen-bond donors (Lipinski definition) is 2. The fraction of sp³-hybridized carbons (Fsp3) is 0.556. The highest BCUT2D eigenvalue weighted by molar-refractivity contribution is 5.89. The van der Waals surface area contributed by atoms with Gasteiger partial charge in [-0.15, -0.1) is 0 Å². The molecule has 2 aliphatic heterocycles. The van der Waals surface area contributed by atoms with Gasteiger partial charge in [0.15, 0.2) is 13.2 Å². The van der Waals surface area contributed by atoms with Gasteiger partial charge in [-0.05, 0) is 0 Å². The Hall–Kier alpha value is -2.10. The molecule has 130 valence electrons. The number of rotatable bonds is 4. The molecule has 0 saturated carbocycles. The molecule has 0 aliphatic carbocycles. The Labute approximate surface area is 143 Å². The van der Waals surface area contributed by atoms with E-state index in [9.17, 15) is 9.59 Å².